The Labute approximate surface area is 111 Å². The van der Waals surface area contributed by atoms with Crippen molar-refractivity contribution < 1.29 is 6.17 Å². The minimum Gasteiger partial charge on any atom is -0.338 e. The molecule has 2 unspecified atom stereocenters. The van der Waals surface area contributed by atoms with Crippen LogP contribution >= 0.6 is 15.9 Å². The lowest BCUT2D eigenvalue weighted by Crippen LogP contribution is -2.44. The Morgan fingerprint density at radius 1 is 1.53 bits per heavy atom. The van der Waals surface area contributed by atoms with E-state index in [9.17, 15) is 4.79 Å². The minimum absolute atomic E-state index is 0.0400. The molecule has 88 valence electrons. The molecule has 1 aromatic rings. The van der Waals surface area contributed by atoms with Crippen molar-refractivity contribution in [3.05, 3.63) is 45.9 Å². The number of halogens is 1. The van der Waals surface area contributed by atoms with Crippen LogP contribution < -0.4 is 0 Å². The van der Waals surface area contributed by atoms with Crippen molar-refractivity contribution in [3.8, 4) is 0 Å². The van der Waals surface area contributed by atoms with Gasteiger partial charge in [-0.2, -0.15) is 0 Å². The zero-order valence-electron chi connectivity index (χ0n) is 10.6. The number of carbonyl (C=O) groups excluding carboxylic acids is 1. The predicted molar refractivity (Wildman–Crippen MR) is 70.9 cm³/mol. The lowest BCUT2D eigenvalue weighted by molar-refractivity contribution is -0.128. The van der Waals surface area contributed by atoms with Gasteiger partial charge in [0.1, 0.15) is 0 Å². The second-order valence-corrected chi connectivity index (χ2v) is 5.60. The second kappa shape index (κ2) is 3.98. The van der Waals surface area contributed by atoms with Crippen molar-refractivity contribution in [1.82, 2.24) is 4.90 Å². The fourth-order valence-corrected chi connectivity index (χ4v) is 3.22. The van der Waals surface area contributed by atoms with Crippen LogP contribution in [-0.4, -0.2) is 23.9 Å². The van der Waals surface area contributed by atoms with E-state index in [0.29, 0.717) is 6.05 Å². The first kappa shape index (κ1) is 9.89. The molecule has 3 rings (SSSR count). The lowest BCUT2D eigenvalue weighted by Gasteiger charge is -2.40. The number of fused-ring (bicyclic) bond motifs is 3. The summed E-state index contributed by atoms with van der Waals surface area (Å²) in [5.74, 6) is 0.00589. The highest BCUT2D eigenvalue weighted by Gasteiger charge is 2.34. The molecule has 2 aliphatic rings. The smallest absolute Gasteiger partial charge is 0.246 e. The van der Waals surface area contributed by atoms with Crippen molar-refractivity contribution in [2.24, 2.45) is 0 Å². The van der Waals surface area contributed by atoms with Crippen LogP contribution in [0.25, 0.3) is 0 Å². The van der Waals surface area contributed by atoms with Crippen LogP contribution in [0.3, 0.4) is 0 Å². The SMILES string of the molecule is [2H]C1=CC(=O)N(C)C2CCc3cc(Br)ccc3C12. The molecule has 0 fully saturated rings. The molecule has 1 heterocycles. The van der Waals surface area contributed by atoms with Crippen molar-refractivity contribution in [2.45, 2.75) is 24.8 Å². The van der Waals surface area contributed by atoms with Crippen molar-refractivity contribution in [1.29, 1.82) is 0 Å². The second-order valence-electron chi connectivity index (χ2n) is 4.69. The average Bonchev–Trinajstić information content (AvgIpc) is 2.34. The third-order valence-corrected chi connectivity index (χ3v) is 4.26. The highest BCUT2D eigenvalue weighted by Crippen LogP contribution is 2.38. The van der Waals surface area contributed by atoms with Crippen LogP contribution in [0.1, 0.15) is 24.8 Å². The summed E-state index contributed by atoms with van der Waals surface area (Å²) >= 11 is 3.49. The Balaban J connectivity index is 2.12. The summed E-state index contributed by atoms with van der Waals surface area (Å²) in [6, 6.07) is 6.83. The van der Waals surface area contributed by atoms with Gasteiger partial charge in [0.15, 0.2) is 0 Å². The molecule has 1 aliphatic heterocycles. The molecule has 1 aromatic carbocycles. The van der Waals surface area contributed by atoms with E-state index in [4.69, 9.17) is 1.37 Å². The third-order valence-electron chi connectivity index (χ3n) is 3.77. The maximum absolute atomic E-state index is 11.7. The number of likely N-dealkylation sites (N-methyl/N-ethyl adjacent to an activating group) is 1. The molecule has 0 saturated carbocycles. The first-order chi connectivity index (χ1) is 8.58. The number of nitrogens with zero attached hydrogens (tertiary/aromatic N) is 1. The van der Waals surface area contributed by atoms with Gasteiger partial charge in [-0.05, 0) is 42.2 Å². The number of benzene rings is 1. The molecule has 0 aromatic heterocycles. The fraction of sp³-hybridized carbons (Fsp3) is 0.357. The van der Waals surface area contributed by atoms with E-state index in [1.807, 2.05) is 13.1 Å². The lowest BCUT2D eigenvalue weighted by atomic mass is 9.77. The summed E-state index contributed by atoms with van der Waals surface area (Å²) in [6.07, 6.45) is 3.37. The van der Waals surface area contributed by atoms with E-state index >= 15 is 0 Å². The van der Waals surface area contributed by atoms with Crippen molar-refractivity contribution in [2.75, 3.05) is 7.05 Å². The van der Waals surface area contributed by atoms with Crippen LogP contribution in [0.15, 0.2) is 34.8 Å². The molecule has 0 bridgehead atoms. The zero-order chi connectivity index (χ0) is 12.9. The number of hydrogen-bond donors (Lipinski definition) is 0. The number of amides is 1. The monoisotopic (exact) mass is 292 g/mol. The summed E-state index contributed by atoms with van der Waals surface area (Å²) in [7, 11) is 1.84. The molecular formula is C14H14BrNO. The van der Waals surface area contributed by atoms with Gasteiger partial charge in [0.2, 0.25) is 5.91 Å². The van der Waals surface area contributed by atoms with E-state index in [1.54, 1.807) is 4.90 Å². The van der Waals surface area contributed by atoms with Gasteiger partial charge in [-0.15, -0.1) is 0 Å². The summed E-state index contributed by atoms with van der Waals surface area (Å²) in [5, 5.41) is 0. The van der Waals surface area contributed by atoms with Gasteiger partial charge in [-0.1, -0.05) is 28.0 Å². The maximum atomic E-state index is 11.7. The summed E-state index contributed by atoms with van der Waals surface area (Å²) < 4.78 is 9.18. The Morgan fingerprint density at radius 3 is 3.18 bits per heavy atom. The normalized spacial score (nSPS) is 28.1. The van der Waals surface area contributed by atoms with E-state index in [-0.39, 0.29) is 17.9 Å². The largest absolute Gasteiger partial charge is 0.338 e. The number of rotatable bonds is 0. The van der Waals surface area contributed by atoms with Gasteiger partial charge in [0.05, 0.1) is 1.37 Å². The quantitative estimate of drug-likeness (QED) is 0.720. The fourth-order valence-electron chi connectivity index (χ4n) is 2.82. The van der Waals surface area contributed by atoms with E-state index in [1.165, 1.54) is 17.2 Å². The number of carbonyl (C=O) groups is 1. The Bertz CT molecular complexity index is 555. The molecule has 0 radical (unpaired) electrons. The number of aryl methyl sites for hydroxylation is 1. The van der Waals surface area contributed by atoms with Gasteiger partial charge in [0, 0.05) is 23.5 Å². The zero-order valence-corrected chi connectivity index (χ0v) is 11.2. The molecule has 0 spiro atoms. The van der Waals surface area contributed by atoms with Gasteiger partial charge in [-0.25, -0.2) is 0 Å². The molecular weight excluding hydrogens is 278 g/mol. The molecule has 0 saturated heterocycles. The Hall–Kier alpha value is -1.09. The molecule has 2 atom stereocenters. The Morgan fingerprint density at radius 2 is 2.35 bits per heavy atom. The molecule has 3 heteroatoms. The topological polar surface area (TPSA) is 20.3 Å². The first-order valence-electron chi connectivity index (χ1n) is 6.31. The van der Waals surface area contributed by atoms with Crippen LogP contribution in [0.4, 0.5) is 0 Å². The highest BCUT2D eigenvalue weighted by atomic mass is 79.9. The van der Waals surface area contributed by atoms with Gasteiger partial charge >= 0.3 is 0 Å². The van der Waals surface area contributed by atoms with Crippen molar-refractivity contribution >= 4 is 21.8 Å². The summed E-state index contributed by atoms with van der Waals surface area (Å²) in [6.45, 7) is 0. The van der Waals surface area contributed by atoms with E-state index < -0.39 is 0 Å². The van der Waals surface area contributed by atoms with Crippen LogP contribution in [0, 0.1) is 0 Å². The van der Waals surface area contributed by atoms with Gasteiger partial charge < -0.3 is 4.90 Å². The van der Waals surface area contributed by atoms with Crippen LogP contribution in [-0.2, 0) is 11.2 Å². The summed E-state index contributed by atoms with van der Waals surface area (Å²) in [4.78, 5) is 13.5. The van der Waals surface area contributed by atoms with E-state index in [0.717, 1.165) is 17.3 Å². The minimum atomic E-state index is -0.0400. The third kappa shape index (κ3) is 1.73. The van der Waals surface area contributed by atoms with Crippen LogP contribution in [0.5, 0.6) is 0 Å². The van der Waals surface area contributed by atoms with Gasteiger partial charge in [-0.3, -0.25) is 4.79 Å². The molecule has 2 nitrogen and oxygen atoms in total. The highest BCUT2D eigenvalue weighted by molar-refractivity contribution is 9.10. The molecule has 1 aliphatic carbocycles. The summed E-state index contributed by atoms with van der Waals surface area (Å²) in [5.41, 5.74) is 2.50. The predicted octanol–water partition coefficient (Wildman–Crippen LogP) is 2.88. The van der Waals surface area contributed by atoms with Gasteiger partial charge in [0.25, 0.3) is 0 Å². The van der Waals surface area contributed by atoms with Crippen molar-refractivity contribution in [3.63, 3.8) is 0 Å². The average molecular weight is 293 g/mol. The molecule has 0 N–H and O–H groups in total. The first-order valence-corrected chi connectivity index (χ1v) is 6.60. The maximum Gasteiger partial charge on any atom is 0.246 e. The van der Waals surface area contributed by atoms with Crippen LogP contribution in [0.2, 0.25) is 0 Å². The van der Waals surface area contributed by atoms with E-state index in [2.05, 4.69) is 28.1 Å². The molecule has 17 heavy (non-hydrogen) atoms. The molecule has 1 amide bonds. The standard InChI is InChI=1S/C14H14BrNO/c1-16-13-6-2-9-8-10(15)3-4-11(9)12(13)5-7-14(16)17/h3-5,7-8,12-13H,2,6H2,1H3/i5D. The Kier molecular flexibility index (Phi) is 2.32. The number of hydrogen-bond acceptors (Lipinski definition) is 1.